The lowest BCUT2D eigenvalue weighted by molar-refractivity contribution is -0.142. The SMILES string of the molecule is COc1ccccc1NC(=O)CN1C(=O)[C@@H]2[C@H]3C=C[C@@H]([C@@H]4C[C@H]34)[C@H]2C1=O. The van der Waals surface area contributed by atoms with Crippen molar-refractivity contribution in [3.8, 4) is 5.75 Å². The monoisotopic (exact) mass is 352 g/mol. The van der Waals surface area contributed by atoms with Gasteiger partial charge in [-0.1, -0.05) is 24.3 Å². The van der Waals surface area contributed by atoms with Gasteiger partial charge < -0.3 is 10.1 Å². The third-order valence-electron chi connectivity index (χ3n) is 6.44. The zero-order valence-corrected chi connectivity index (χ0v) is 14.4. The molecule has 1 N–H and O–H groups in total. The van der Waals surface area contributed by atoms with Crippen LogP contribution >= 0.6 is 0 Å². The van der Waals surface area contributed by atoms with Crippen LogP contribution in [0, 0.1) is 35.5 Å². The highest BCUT2D eigenvalue weighted by molar-refractivity contribution is 6.09. The summed E-state index contributed by atoms with van der Waals surface area (Å²) in [5.41, 5.74) is 0.527. The average Bonchev–Trinajstić information content (AvgIpc) is 3.43. The lowest BCUT2D eigenvalue weighted by Gasteiger charge is -2.37. The lowest BCUT2D eigenvalue weighted by atomic mass is 9.63. The van der Waals surface area contributed by atoms with Crippen molar-refractivity contribution in [1.82, 2.24) is 4.90 Å². The second kappa shape index (κ2) is 5.43. The largest absolute Gasteiger partial charge is 0.495 e. The van der Waals surface area contributed by atoms with Gasteiger partial charge in [0.25, 0.3) is 0 Å². The lowest BCUT2D eigenvalue weighted by Crippen LogP contribution is -2.40. The van der Waals surface area contributed by atoms with E-state index in [0.29, 0.717) is 23.3 Å². The minimum atomic E-state index is -0.389. The van der Waals surface area contributed by atoms with Crippen molar-refractivity contribution in [2.75, 3.05) is 19.0 Å². The number of ether oxygens (including phenoxy) is 1. The van der Waals surface area contributed by atoms with Gasteiger partial charge in [-0.15, -0.1) is 0 Å². The topological polar surface area (TPSA) is 75.7 Å². The van der Waals surface area contributed by atoms with Gasteiger partial charge in [0, 0.05) is 0 Å². The molecule has 3 fully saturated rings. The molecule has 6 atom stereocenters. The molecule has 6 rings (SSSR count). The fourth-order valence-corrected chi connectivity index (χ4v) is 5.26. The molecule has 1 aromatic carbocycles. The summed E-state index contributed by atoms with van der Waals surface area (Å²) in [6.07, 6.45) is 5.39. The molecule has 0 aromatic heterocycles. The number of imide groups is 1. The van der Waals surface area contributed by atoms with E-state index < -0.39 is 0 Å². The summed E-state index contributed by atoms with van der Waals surface area (Å²) in [4.78, 5) is 39.4. The van der Waals surface area contributed by atoms with E-state index in [9.17, 15) is 14.4 Å². The van der Waals surface area contributed by atoms with E-state index in [1.807, 2.05) is 0 Å². The minimum Gasteiger partial charge on any atom is -0.495 e. The van der Waals surface area contributed by atoms with Gasteiger partial charge in [0.2, 0.25) is 17.7 Å². The molecule has 5 aliphatic rings. The molecule has 4 aliphatic carbocycles. The molecule has 6 heteroatoms. The molecule has 0 unspecified atom stereocenters. The number of likely N-dealkylation sites (tertiary alicyclic amines) is 1. The summed E-state index contributed by atoms with van der Waals surface area (Å²) in [5.74, 6) is 0.731. The molecule has 1 aliphatic heterocycles. The fourth-order valence-electron chi connectivity index (χ4n) is 5.26. The smallest absolute Gasteiger partial charge is 0.244 e. The number of allylic oxidation sites excluding steroid dienone is 2. The third-order valence-corrected chi connectivity index (χ3v) is 6.44. The van der Waals surface area contributed by atoms with E-state index >= 15 is 0 Å². The minimum absolute atomic E-state index is 0.175. The number of nitrogens with one attached hydrogen (secondary N) is 1. The van der Waals surface area contributed by atoms with E-state index in [4.69, 9.17) is 4.74 Å². The predicted octanol–water partition coefficient (Wildman–Crippen LogP) is 1.69. The number of hydrogen-bond acceptors (Lipinski definition) is 4. The molecule has 2 saturated carbocycles. The summed E-state index contributed by atoms with van der Waals surface area (Å²) in [5, 5.41) is 2.74. The summed E-state index contributed by atoms with van der Waals surface area (Å²) in [6.45, 7) is -0.239. The Morgan fingerprint density at radius 2 is 1.73 bits per heavy atom. The second-order valence-electron chi connectivity index (χ2n) is 7.67. The van der Waals surface area contributed by atoms with Crippen LogP contribution in [0.1, 0.15) is 6.42 Å². The van der Waals surface area contributed by atoms with Gasteiger partial charge >= 0.3 is 0 Å². The van der Waals surface area contributed by atoms with Gasteiger partial charge in [-0.05, 0) is 42.2 Å². The van der Waals surface area contributed by atoms with Crippen LogP contribution in [0.2, 0.25) is 0 Å². The Labute approximate surface area is 151 Å². The molecule has 1 heterocycles. The number of amides is 3. The normalized spacial score (nSPS) is 36.0. The zero-order chi connectivity index (χ0) is 18.0. The van der Waals surface area contributed by atoms with Gasteiger partial charge in [0.1, 0.15) is 12.3 Å². The quantitative estimate of drug-likeness (QED) is 0.661. The van der Waals surface area contributed by atoms with E-state index in [0.717, 1.165) is 11.3 Å². The molecule has 2 bridgehead atoms. The van der Waals surface area contributed by atoms with Crippen molar-refractivity contribution in [3.63, 3.8) is 0 Å². The first-order valence-electron chi connectivity index (χ1n) is 9.06. The van der Waals surface area contributed by atoms with Gasteiger partial charge in [-0.25, -0.2) is 0 Å². The van der Waals surface area contributed by atoms with Crippen molar-refractivity contribution in [2.24, 2.45) is 35.5 Å². The number of methoxy groups -OCH3 is 1. The number of para-hydroxylation sites is 2. The first-order chi connectivity index (χ1) is 12.6. The molecule has 3 amide bonds. The van der Waals surface area contributed by atoms with Gasteiger partial charge in [0.05, 0.1) is 24.6 Å². The Hall–Kier alpha value is -2.63. The molecule has 1 saturated heterocycles. The maximum atomic E-state index is 12.9. The van der Waals surface area contributed by atoms with Crippen molar-refractivity contribution < 1.29 is 19.1 Å². The highest BCUT2D eigenvalue weighted by Gasteiger charge is 2.67. The average molecular weight is 352 g/mol. The molecule has 0 spiro atoms. The van der Waals surface area contributed by atoms with Crippen molar-refractivity contribution in [2.45, 2.75) is 6.42 Å². The number of anilines is 1. The van der Waals surface area contributed by atoms with Gasteiger partial charge in [-0.3, -0.25) is 19.3 Å². The summed E-state index contributed by atoms with van der Waals surface area (Å²) >= 11 is 0. The molecule has 1 aromatic rings. The first-order valence-corrected chi connectivity index (χ1v) is 9.06. The van der Waals surface area contributed by atoms with E-state index in [1.165, 1.54) is 7.11 Å². The van der Waals surface area contributed by atoms with E-state index in [-0.39, 0.29) is 47.9 Å². The molecular weight excluding hydrogens is 332 g/mol. The van der Waals surface area contributed by atoms with Gasteiger partial charge in [0.15, 0.2) is 0 Å². The predicted molar refractivity (Wildman–Crippen MR) is 93.0 cm³/mol. The number of carbonyl (C=O) groups is 3. The Kier molecular flexibility index (Phi) is 3.26. The third kappa shape index (κ3) is 2.08. The Balaban J connectivity index is 1.33. The molecule has 26 heavy (non-hydrogen) atoms. The van der Waals surface area contributed by atoms with E-state index in [1.54, 1.807) is 24.3 Å². The zero-order valence-electron chi connectivity index (χ0n) is 14.4. The first kappa shape index (κ1) is 15.6. The van der Waals surface area contributed by atoms with Crippen LogP contribution in [0.5, 0.6) is 5.75 Å². The number of carbonyl (C=O) groups excluding carboxylic acids is 3. The maximum Gasteiger partial charge on any atom is 0.244 e. The molecular formula is C20H20N2O4. The van der Waals surface area contributed by atoms with Crippen LogP contribution < -0.4 is 10.1 Å². The summed E-state index contributed by atoms with van der Waals surface area (Å²) < 4.78 is 5.22. The number of hydrogen-bond donors (Lipinski definition) is 1. The highest BCUT2D eigenvalue weighted by atomic mass is 16.5. The van der Waals surface area contributed by atoms with Crippen LogP contribution in [0.3, 0.4) is 0 Å². The molecule has 134 valence electrons. The van der Waals surface area contributed by atoms with Crippen LogP contribution in [0.15, 0.2) is 36.4 Å². The van der Waals surface area contributed by atoms with Crippen molar-refractivity contribution in [3.05, 3.63) is 36.4 Å². The van der Waals surface area contributed by atoms with E-state index in [2.05, 4.69) is 17.5 Å². The summed E-state index contributed by atoms with van der Waals surface area (Å²) in [7, 11) is 1.53. The number of nitrogens with zero attached hydrogens (tertiary/aromatic N) is 1. The fraction of sp³-hybridized carbons (Fsp3) is 0.450. The number of rotatable bonds is 4. The summed E-state index contributed by atoms with van der Waals surface area (Å²) in [6, 6.07) is 7.06. The maximum absolute atomic E-state index is 12.9. The Bertz CT molecular complexity index is 812. The van der Waals surface area contributed by atoms with Crippen LogP contribution in [0.25, 0.3) is 0 Å². The standard InChI is InChI=1S/C20H20N2O4/c1-26-15-5-3-2-4-14(15)21-16(23)9-22-19(24)17-10-6-7-11(13-8-12(10)13)18(17)20(22)25/h2-7,10-13,17-18H,8-9H2,1H3,(H,21,23)/t10-,11-,12-,13+,17+,18+/m0/s1. The van der Waals surface area contributed by atoms with Crippen LogP contribution in [-0.2, 0) is 14.4 Å². The molecule has 6 nitrogen and oxygen atoms in total. The molecule has 0 radical (unpaired) electrons. The van der Waals surface area contributed by atoms with Crippen LogP contribution in [0.4, 0.5) is 5.69 Å². The van der Waals surface area contributed by atoms with Crippen LogP contribution in [-0.4, -0.2) is 36.3 Å². The Morgan fingerprint density at radius 1 is 1.12 bits per heavy atom. The number of benzene rings is 1. The Morgan fingerprint density at radius 3 is 2.35 bits per heavy atom. The van der Waals surface area contributed by atoms with Crippen molar-refractivity contribution in [1.29, 1.82) is 0 Å². The second-order valence-corrected chi connectivity index (χ2v) is 7.67. The highest BCUT2D eigenvalue weighted by Crippen LogP contribution is 2.65. The van der Waals surface area contributed by atoms with Crippen molar-refractivity contribution >= 4 is 23.4 Å². The van der Waals surface area contributed by atoms with Gasteiger partial charge in [-0.2, -0.15) is 0 Å².